The van der Waals surface area contributed by atoms with Crippen LogP contribution in [0.25, 0.3) is 11.0 Å². The quantitative estimate of drug-likeness (QED) is 0.779. The Hall–Kier alpha value is -2.11. The maximum atomic E-state index is 5.97. The van der Waals surface area contributed by atoms with Gasteiger partial charge in [0.15, 0.2) is 0 Å². The monoisotopic (exact) mass is 325 g/mol. The minimum Gasteiger partial charge on any atom is -0.461 e. The van der Waals surface area contributed by atoms with Crippen molar-refractivity contribution in [3.8, 4) is 0 Å². The van der Waals surface area contributed by atoms with Gasteiger partial charge in [-0.25, -0.2) is 4.98 Å². The van der Waals surface area contributed by atoms with Gasteiger partial charge in [0, 0.05) is 49.1 Å². The minimum absolute atomic E-state index is 0.0124. The van der Waals surface area contributed by atoms with Crippen LogP contribution in [0.4, 0.5) is 0 Å². The van der Waals surface area contributed by atoms with Crippen LogP contribution in [0.5, 0.6) is 0 Å². The van der Waals surface area contributed by atoms with Crippen molar-refractivity contribution in [1.82, 2.24) is 14.9 Å². The van der Waals surface area contributed by atoms with E-state index < -0.39 is 0 Å². The van der Waals surface area contributed by atoms with Crippen LogP contribution >= 0.6 is 0 Å². The number of nitrogens with one attached hydrogen (secondary N) is 1. The molecule has 0 aliphatic carbocycles. The second-order valence-electron chi connectivity index (χ2n) is 6.27. The predicted octanol–water partition coefficient (Wildman–Crippen LogP) is 3.58. The number of imidazole rings is 1. The molecule has 2 aromatic heterocycles. The summed E-state index contributed by atoms with van der Waals surface area (Å²) >= 11 is 0. The molecule has 24 heavy (non-hydrogen) atoms. The fourth-order valence-electron chi connectivity index (χ4n) is 3.57. The van der Waals surface area contributed by atoms with Crippen molar-refractivity contribution in [3.63, 3.8) is 0 Å². The molecule has 1 fully saturated rings. The Balaban J connectivity index is 1.53. The molecule has 3 heterocycles. The summed E-state index contributed by atoms with van der Waals surface area (Å²) in [7, 11) is 0. The summed E-state index contributed by atoms with van der Waals surface area (Å²) in [6.07, 6.45) is 4.88. The molecule has 2 atom stereocenters. The van der Waals surface area contributed by atoms with Gasteiger partial charge in [0.2, 0.25) is 0 Å². The van der Waals surface area contributed by atoms with Crippen molar-refractivity contribution >= 4 is 11.0 Å². The molecule has 1 aromatic carbocycles. The first kappa shape index (κ1) is 15.4. The van der Waals surface area contributed by atoms with Gasteiger partial charge >= 0.3 is 0 Å². The van der Waals surface area contributed by atoms with Crippen molar-refractivity contribution in [2.45, 2.75) is 45.5 Å². The van der Waals surface area contributed by atoms with Crippen molar-refractivity contribution in [1.29, 1.82) is 0 Å². The summed E-state index contributed by atoms with van der Waals surface area (Å²) in [5.41, 5.74) is 2.18. The summed E-state index contributed by atoms with van der Waals surface area (Å²) < 4.78 is 14.0. The van der Waals surface area contributed by atoms with E-state index >= 15 is 0 Å². The number of hydrogen-bond acceptors (Lipinski definition) is 4. The first-order valence-corrected chi connectivity index (χ1v) is 8.61. The molecular formula is C19H23N3O2. The summed E-state index contributed by atoms with van der Waals surface area (Å²) in [6.45, 7) is 6.62. The van der Waals surface area contributed by atoms with E-state index in [1.807, 2.05) is 31.5 Å². The van der Waals surface area contributed by atoms with Gasteiger partial charge in [-0.3, -0.25) is 0 Å². The van der Waals surface area contributed by atoms with Crippen LogP contribution in [0, 0.1) is 6.92 Å². The summed E-state index contributed by atoms with van der Waals surface area (Å²) in [5.74, 6) is 2.00. The maximum absolute atomic E-state index is 5.97. The first-order valence-electron chi connectivity index (χ1n) is 8.61. The molecule has 126 valence electrons. The van der Waals surface area contributed by atoms with Gasteiger partial charge in [-0.2, -0.15) is 0 Å². The lowest BCUT2D eigenvalue weighted by Gasteiger charge is -2.20. The van der Waals surface area contributed by atoms with E-state index in [2.05, 4.69) is 33.9 Å². The number of furan rings is 1. The van der Waals surface area contributed by atoms with E-state index in [0.717, 1.165) is 43.3 Å². The molecular weight excluding hydrogens is 302 g/mol. The Morgan fingerprint density at radius 3 is 3.08 bits per heavy atom. The molecule has 4 rings (SSSR count). The van der Waals surface area contributed by atoms with Gasteiger partial charge < -0.3 is 19.0 Å². The smallest absolute Gasteiger partial charge is 0.139 e. The van der Waals surface area contributed by atoms with Crippen molar-refractivity contribution in [2.24, 2.45) is 0 Å². The lowest BCUT2D eigenvalue weighted by atomic mass is 10.1. The molecule has 3 aromatic rings. The second kappa shape index (κ2) is 6.42. The normalized spacial score (nSPS) is 20.9. The van der Waals surface area contributed by atoms with Gasteiger partial charge in [0.1, 0.15) is 23.3 Å². The molecule has 5 nitrogen and oxygen atoms in total. The fourth-order valence-corrected chi connectivity index (χ4v) is 3.57. The van der Waals surface area contributed by atoms with Gasteiger partial charge in [-0.15, -0.1) is 0 Å². The van der Waals surface area contributed by atoms with Crippen LogP contribution in [0.3, 0.4) is 0 Å². The Morgan fingerprint density at radius 1 is 1.33 bits per heavy atom. The number of ether oxygens (including phenoxy) is 1. The number of benzene rings is 1. The lowest BCUT2D eigenvalue weighted by molar-refractivity contribution is 0.0886. The van der Waals surface area contributed by atoms with Crippen LogP contribution in [0.2, 0.25) is 0 Å². The van der Waals surface area contributed by atoms with E-state index in [9.17, 15) is 0 Å². The van der Waals surface area contributed by atoms with Gasteiger partial charge in [0.05, 0.1) is 0 Å². The third-order valence-corrected chi connectivity index (χ3v) is 4.88. The van der Waals surface area contributed by atoms with Gasteiger partial charge in [-0.05, 0) is 26.3 Å². The highest BCUT2D eigenvalue weighted by atomic mass is 16.5. The average molecular weight is 325 g/mol. The molecule has 0 bridgehead atoms. The second-order valence-corrected chi connectivity index (χ2v) is 6.27. The summed E-state index contributed by atoms with van der Waals surface area (Å²) in [5, 5.41) is 4.86. The molecule has 1 aliphatic rings. The van der Waals surface area contributed by atoms with E-state index in [-0.39, 0.29) is 12.1 Å². The average Bonchev–Trinajstić information content (AvgIpc) is 3.30. The van der Waals surface area contributed by atoms with Gasteiger partial charge in [-0.1, -0.05) is 18.2 Å². The number of rotatable bonds is 5. The van der Waals surface area contributed by atoms with Crippen LogP contribution in [-0.2, 0) is 17.8 Å². The van der Waals surface area contributed by atoms with E-state index in [1.54, 1.807) is 0 Å². The number of fused-ring (bicyclic) bond motifs is 1. The number of hydrogen-bond donors (Lipinski definition) is 1. The van der Waals surface area contributed by atoms with Crippen LogP contribution < -0.4 is 5.32 Å². The predicted molar refractivity (Wildman–Crippen MR) is 92.8 cm³/mol. The zero-order chi connectivity index (χ0) is 16.5. The standard InChI is InChI=1S/C19H23N3O2/c1-3-22-10-9-20-19(22)18-16(8-11-23-18)21-12-15-13(2)24-17-7-5-4-6-14(15)17/h4-7,9-10,16,18,21H,3,8,11-12H2,1-2H3/t16-,18-/m0/s1. The minimum atomic E-state index is 0.0124. The van der Waals surface area contributed by atoms with Crippen molar-refractivity contribution in [2.75, 3.05) is 6.61 Å². The molecule has 0 saturated carbocycles. The molecule has 1 aliphatic heterocycles. The SMILES string of the molecule is CCn1ccnc1[C@H]1OCC[C@@H]1NCc1c(C)oc2ccccc12. The molecule has 0 radical (unpaired) electrons. The third kappa shape index (κ3) is 2.64. The van der Waals surface area contributed by atoms with E-state index in [0.29, 0.717) is 0 Å². The number of nitrogens with zero attached hydrogens (tertiary/aromatic N) is 2. The first-order chi connectivity index (χ1) is 11.8. The lowest BCUT2D eigenvalue weighted by Crippen LogP contribution is -2.32. The highest BCUT2D eigenvalue weighted by Crippen LogP contribution is 2.30. The van der Waals surface area contributed by atoms with Crippen LogP contribution in [0.1, 0.15) is 36.6 Å². The Labute approximate surface area is 141 Å². The zero-order valence-electron chi connectivity index (χ0n) is 14.2. The molecule has 0 amide bonds. The van der Waals surface area contributed by atoms with E-state index in [1.165, 1.54) is 10.9 Å². The topological polar surface area (TPSA) is 52.2 Å². The molecule has 5 heteroatoms. The third-order valence-electron chi connectivity index (χ3n) is 4.88. The largest absolute Gasteiger partial charge is 0.461 e. The fraction of sp³-hybridized carbons (Fsp3) is 0.421. The number of para-hydroxylation sites is 1. The summed E-state index contributed by atoms with van der Waals surface area (Å²) in [4.78, 5) is 4.51. The Morgan fingerprint density at radius 2 is 2.21 bits per heavy atom. The molecule has 1 saturated heterocycles. The van der Waals surface area contributed by atoms with Gasteiger partial charge in [0.25, 0.3) is 0 Å². The van der Waals surface area contributed by atoms with Crippen LogP contribution in [0.15, 0.2) is 41.1 Å². The number of aromatic nitrogens is 2. The van der Waals surface area contributed by atoms with E-state index in [4.69, 9.17) is 9.15 Å². The maximum Gasteiger partial charge on any atom is 0.139 e. The zero-order valence-corrected chi connectivity index (χ0v) is 14.2. The highest BCUT2D eigenvalue weighted by Gasteiger charge is 2.32. The van der Waals surface area contributed by atoms with Crippen molar-refractivity contribution in [3.05, 3.63) is 53.8 Å². The molecule has 1 N–H and O–H groups in total. The Kier molecular flexibility index (Phi) is 4.12. The van der Waals surface area contributed by atoms with Crippen molar-refractivity contribution < 1.29 is 9.15 Å². The number of aryl methyl sites for hydroxylation is 2. The Bertz CT molecular complexity index is 836. The van der Waals surface area contributed by atoms with Crippen LogP contribution in [-0.4, -0.2) is 22.2 Å². The molecule has 0 unspecified atom stereocenters. The molecule has 0 spiro atoms. The summed E-state index contributed by atoms with van der Waals surface area (Å²) in [6, 6.07) is 8.47. The highest BCUT2D eigenvalue weighted by molar-refractivity contribution is 5.82.